The van der Waals surface area contributed by atoms with E-state index >= 15 is 0 Å². The number of hydrogen-bond acceptors (Lipinski definition) is 6. The Labute approximate surface area is 87.7 Å². The SMILES string of the molecule is N#CSCSC#N.O=c1ccs[nH]1. The third-order valence-electron chi connectivity index (χ3n) is 0.694. The largest absolute Gasteiger partial charge is 0.278 e. The molecule has 1 rings (SSSR count). The van der Waals surface area contributed by atoms with Gasteiger partial charge in [-0.15, -0.1) is 0 Å². The lowest BCUT2D eigenvalue weighted by atomic mass is 10.8. The third-order valence-corrected chi connectivity index (χ3v) is 2.49. The lowest BCUT2D eigenvalue weighted by Gasteiger charge is -1.74. The molecule has 7 heteroatoms. The fraction of sp³-hybridized carbons (Fsp3) is 0.167. The zero-order chi connectivity index (χ0) is 9.94. The maximum absolute atomic E-state index is 10.0. The van der Waals surface area contributed by atoms with E-state index in [0.717, 1.165) is 23.5 Å². The van der Waals surface area contributed by atoms with Crippen molar-refractivity contribution >= 4 is 35.1 Å². The molecule has 0 aliphatic rings. The summed E-state index contributed by atoms with van der Waals surface area (Å²) >= 11 is 3.46. The van der Waals surface area contributed by atoms with Crippen molar-refractivity contribution in [1.82, 2.24) is 4.37 Å². The molecule has 1 aromatic rings. The Morgan fingerprint density at radius 1 is 1.46 bits per heavy atom. The summed E-state index contributed by atoms with van der Waals surface area (Å²) in [6.07, 6.45) is 0. The molecule has 1 heterocycles. The molecule has 0 atom stereocenters. The fourth-order valence-electron chi connectivity index (χ4n) is 0.304. The van der Waals surface area contributed by atoms with Crippen LogP contribution in [-0.4, -0.2) is 9.46 Å². The number of rotatable bonds is 2. The summed E-state index contributed by atoms with van der Waals surface area (Å²) in [5, 5.41) is 21.7. The van der Waals surface area contributed by atoms with Crippen LogP contribution in [0, 0.1) is 21.3 Å². The molecule has 0 amide bonds. The zero-order valence-electron chi connectivity index (χ0n) is 6.39. The summed E-state index contributed by atoms with van der Waals surface area (Å²) in [4.78, 5) is 10.0. The second kappa shape index (κ2) is 9.20. The van der Waals surface area contributed by atoms with Gasteiger partial charge in [-0.3, -0.25) is 9.17 Å². The van der Waals surface area contributed by atoms with Gasteiger partial charge in [0, 0.05) is 11.4 Å². The van der Waals surface area contributed by atoms with Crippen LogP contribution in [-0.2, 0) is 0 Å². The third kappa shape index (κ3) is 9.02. The molecule has 0 aromatic carbocycles. The van der Waals surface area contributed by atoms with E-state index in [1.54, 1.807) is 5.38 Å². The molecule has 0 saturated heterocycles. The first-order valence-electron chi connectivity index (χ1n) is 2.95. The standard InChI is InChI=1S/C3H2N2S2.C3H3NOS/c4-1-6-3-7-2-5;5-3-1-2-6-4-3/h3H2;1-2H,(H,4,5). The Bertz CT molecular complexity index is 314. The molecule has 0 spiro atoms. The summed E-state index contributed by atoms with van der Waals surface area (Å²) in [7, 11) is 0. The van der Waals surface area contributed by atoms with Gasteiger partial charge >= 0.3 is 0 Å². The highest BCUT2D eigenvalue weighted by Crippen LogP contribution is 2.06. The second-order valence-corrected chi connectivity index (χ2v) is 4.07. The lowest BCUT2D eigenvalue weighted by Crippen LogP contribution is -1.90. The van der Waals surface area contributed by atoms with Crippen molar-refractivity contribution in [3.8, 4) is 10.8 Å². The Morgan fingerprint density at radius 2 is 2.08 bits per heavy atom. The van der Waals surface area contributed by atoms with E-state index in [9.17, 15) is 4.79 Å². The van der Waals surface area contributed by atoms with Crippen molar-refractivity contribution in [2.45, 2.75) is 0 Å². The number of hydrogen-bond donors (Lipinski definition) is 1. The van der Waals surface area contributed by atoms with Gasteiger partial charge in [0.1, 0.15) is 10.8 Å². The first-order valence-corrected chi connectivity index (χ1v) is 5.80. The monoisotopic (exact) mass is 231 g/mol. The van der Waals surface area contributed by atoms with Crippen LogP contribution in [0.15, 0.2) is 16.2 Å². The summed E-state index contributed by atoms with van der Waals surface area (Å²) in [5.41, 5.74) is -0.0139. The van der Waals surface area contributed by atoms with E-state index in [0.29, 0.717) is 5.08 Å². The van der Waals surface area contributed by atoms with Gasteiger partial charge in [0.05, 0.1) is 5.08 Å². The quantitative estimate of drug-likeness (QED) is 0.477. The van der Waals surface area contributed by atoms with Crippen LogP contribution in [0.25, 0.3) is 0 Å². The summed E-state index contributed by atoms with van der Waals surface area (Å²) in [6.45, 7) is 0. The predicted octanol–water partition coefficient (Wildman–Crippen LogP) is 1.81. The molecule has 0 aliphatic carbocycles. The Kier molecular flexibility index (Phi) is 8.57. The van der Waals surface area contributed by atoms with Crippen molar-refractivity contribution < 1.29 is 0 Å². The van der Waals surface area contributed by atoms with Crippen molar-refractivity contribution in [3.63, 3.8) is 0 Å². The van der Waals surface area contributed by atoms with Crippen LogP contribution < -0.4 is 5.56 Å². The first-order chi connectivity index (χ1) is 6.31. The minimum Gasteiger partial charge on any atom is -0.278 e. The van der Waals surface area contributed by atoms with Crippen molar-refractivity contribution in [1.29, 1.82) is 10.5 Å². The predicted molar refractivity (Wildman–Crippen MR) is 56.2 cm³/mol. The van der Waals surface area contributed by atoms with Gasteiger partial charge in [0.2, 0.25) is 0 Å². The van der Waals surface area contributed by atoms with Gasteiger partial charge in [-0.1, -0.05) is 11.5 Å². The highest BCUT2D eigenvalue weighted by molar-refractivity contribution is 8.20. The van der Waals surface area contributed by atoms with Gasteiger partial charge in [-0.05, 0) is 23.5 Å². The molecule has 0 fully saturated rings. The van der Waals surface area contributed by atoms with Gasteiger partial charge in [0.15, 0.2) is 0 Å². The number of aromatic nitrogens is 1. The van der Waals surface area contributed by atoms with E-state index in [1.807, 2.05) is 10.8 Å². The van der Waals surface area contributed by atoms with Crippen LogP contribution in [0.5, 0.6) is 0 Å². The first kappa shape index (κ1) is 12.1. The lowest BCUT2D eigenvalue weighted by molar-refractivity contribution is 1.43. The van der Waals surface area contributed by atoms with Crippen molar-refractivity contribution in [3.05, 3.63) is 21.8 Å². The van der Waals surface area contributed by atoms with Crippen molar-refractivity contribution in [2.75, 3.05) is 5.08 Å². The molecule has 1 N–H and O–H groups in total. The number of aromatic amines is 1. The average Bonchev–Trinajstić information content (AvgIpc) is 2.58. The molecular formula is C6H5N3OS3. The van der Waals surface area contributed by atoms with Gasteiger partial charge in [-0.2, -0.15) is 10.5 Å². The number of H-pyrrole nitrogens is 1. The fourth-order valence-corrected chi connectivity index (χ4v) is 1.41. The minimum atomic E-state index is -0.0139. The van der Waals surface area contributed by atoms with Crippen LogP contribution >= 0.6 is 35.1 Å². The zero-order valence-corrected chi connectivity index (χ0v) is 8.84. The molecule has 0 saturated carbocycles. The number of thioether (sulfide) groups is 2. The Balaban J connectivity index is 0.000000223. The molecular weight excluding hydrogens is 226 g/mol. The van der Waals surface area contributed by atoms with Crippen LogP contribution in [0.4, 0.5) is 0 Å². The summed E-state index contributed by atoms with van der Waals surface area (Å²) < 4.78 is 2.49. The molecule has 1 aromatic heterocycles. The van der Waals surface area contributed by atoms with E-state index in [1.165, 1.54) is 17.6 Å². The molecule has 4 nitrogen and oxygen atoms in total. The summed E-state index contributed by atoms with van der Waals surface area (Å²) in [6, 6.07) is 1.49. The normalized spacial score (nSPS) is 7.54. The number of nitriles is 2. The van der Waals surface area contributed by atoms with Gasteiger partial charge in [0.25, 0.3) is 5.56 Å². The topological polar surface area (TPSA) is 80.4 Å². The minimum absolute atomic E-state index is 0.0139. The second-order valence-electron chi connectivity index (χ2n) is 1.48. The molecule has 0 bridgehead atoms. The number of thiocyanates is 2. The Morgan fingerprint density at radius 3 is 2.31 bits per heavy atom. The molecule has 0 aliphatic heterocycles. The van der Waals surface area contributed by atoms with Gasteiger partial charge in [-0.25, -0.2) is 0 Å². The van der Waals surface area contributed by atoms with Gasteiger partial charge < -0.3 is 0 Å². The molecule has 13 heavy (non-hydrogen) atoms. The number of nitrogens with one attached hydrogen (secondary N) is 1. The van der Waals surface area contributed by atoms with Crippen molar-refractivity contribution in [2.24, 2.45) is 0 Å². The average molecular weight is 231 g/mol. The van der Waals surface area contributed by atoms with E-state index in [4.69, 9.17) is 10.5 Å². The maximum atomic E-state index is 10.0. The molecule has 0 unspecified atom stereocenters. The van der Waals surface area contributed by atoms with Crippen LogP contribution in [0.1, 0.15) is 0 Å². The highest BCUT2D eigenvalue weighted by atomic mass is 32.2. The van der Waals surface area contributed by atoms with E-state index in [-0.39, 0.29) is 5.56 Å². The van der Waals surface area contributed by atoms with E-state index < -0.39 is 0 Å². The highest BCUT2D eigenvalue weighted by Gasteiger charge is 1.80. The van der Waals surface area contributed by atoms with E-state index in [2.05, 4.69) is 4.37 Å². The van der Waals surface area contributed by atoms with Crippen LogP contribution in [0.3, 0.4) is 0 Å². The Hall–Kier alpha value is -0.890. The smallest absolute Gasteiger partial charge is 0.257 e. The summed E-state index contributed by atoms with van der Waals surface area (Å²) in [5.74, 6) is 0. The number of nitrogens with zero attached hydrogens (tertiary/aromatic N) is 2. The maximum Gasteiger partial charge on any atom is 0.257 e. The molecule has 0 radical (unpaired) electrons. The molecule has 68 valence electrons. The van der Waals surface area contributed by atoms with Crippen LogP contribution in [0.2, 0.25) is 0 Å².